The molecule has 0 bridgehead atoms. The van der Waals surface area contributed by atoms with E-state index in [1.54, 1.807) is 12.1 Å². The third-order valence-electron chi connectivity index (χ3n) is 7.16. The Morgan fingerprint density at radius 1 is 1.08 bits per heavy atom. The Labute approximate surface area is 215 Å². The molecule has 0 saturated heterocycles. The summed E-state index contributed by atoms with van der Waals surface area (Å²) in [6.45, 7) is 11.4. The molecule has 5 nitrogen and oxygen atoms in total. The third-order valence-corrected chi connectivity index (χ3v) is 7.16. The molecule has 1 aliphatic rings. The molecule has 5 N–H and O–H groups in total. The van der Waals surface area contributed by atoms with Gasteiger partial charge >= 0.3 is 0 Å². The largest absolute Gasteiger partial charge is 0.508 e. The second kappa shape index (κ2) is 10.4. The lowest BCUT2D eigenvalue weighted by Crippen LogP contribution is -2.45. The van der Waals surface area contributed by atoms with Gasteiger partial charge in [0, 0.05) is 12.2 Å². The fraction of sp³-hybridized carbons (Fsp3) is 0.387. The van der Waals surface area contributed by atoms with Crippen molar-refractivity contribution in [1.82, 2.24) is 5.32 Å². The van der Waals surface area contributed by atoms with Gasteiger partial charge in [-0.25, -0.2) is 0 Å². The molecule has 0 aromatic heterocycles. The molecule has 1 amide bonds. The molecule has 0 unspecified atom stereocenters. The number of fused-ring (bicyclic) bond motifs is 1. The first kappa shape index (κ1) is 25.8. The number of phenolic OH excluding ortho intramolecular Hbond substituents is 1. The molecule has 1 aliphatic heterocycles. The number of nitrogens with one attached hydrogen (secondary N) is 2. The zero-order valence-corrected chi connectivity index (χ0v) is 22.1. The highest BCUT2D eigenvalue weighted by molar-refractivity contribution is 5.83. The van der Waals surface area contributed by atoms with Crippen molar-refractivity contribution in [3.05, 3.63) is 93.5 Å². The Morgan fingerprint density at radius 2 is 1.75 bits per heavy atom. The standard InChI is InChI=1S/C31H39N3O2/c1-19-13-23(35)14-20(2)24(19)18-27(32)30(36)34-28-11-12-33-29-25(28)16-22(17-26(29)31(3,4)5)15-21-9-7-6-8-10-21/h6-10,13-14,16-17,27-28,33,35H,11-12,15,18,32H2,1-5H3,(H,34,36)/t27-,28+/m0/s1. The summed E-state index contributed by atoms with van der Waals surface area (Å²) < 4.78 is 0. The topological polar surface area (TPSA) is 87.4 Å². The summed E-state index contributed by atoms with van der Waals surface area (Å²) in [6, 6.07) is 17.7. The van der Waals surface area contributed by atoms with Crippen molar-refractivity contribution < 1.29 is 9.90 Å². The molecule has 2 atom stereocenters. The predicted octanol–water partition coefficient (Wildman–Crippen LogP) is 5.44. The number of hydrogen-bond donors (Lipinski definition) is 4. The highest BCUT2D eigenvalue weighted by Gasteiger charge is 2.30. The van der Waals surface area contributed by atoms with Crippen LogP contribution in [0.5, 0.6) is 5.75 Å². The molecule has 36 heavy (non-hydrogen) atoms. The van der Waals surface area contributed by atoms with E-state index in [4.69, 9.17) is 5.73 Å². The average molecular weight is 486 g/mol. The van der Waals surface area contributed by atoms with Crippen LogP contribution < -0.4 is 16.4 Å². The van der Waals surface area contributed by atoms with Crippen LogP contribution in [0.4, 0.5) is 5.69 Å². The van der Waals surface area contributed by atoms with Gasteiger partial charge in [0.15, 0.2) is 0 Å². The van der Waals surface area contributed by atoms with E-state index < -0.39 is 6.04 Å². The maximum absolute atomic E-state index is 13.3. The second-order valence-corrected chi connectivity index (χ2v) is 11.2. The molecule has 5 heteroatoms. The van der Waals surface area contributed by atoms with Gasteiger partial charge in [-0.05, 0) is 89.6 Å². The fourth-order valence-corrected chi connectivity index (χ4v) is 5.25. The van der Waals surface area contributed by atoms with E-state index in [0.29, 0.717) is 6.42 Å². The number of amides is 1. The number of aromatic hydroxyl groups is 1. The maximum atomic E-state index is 13.3. The first-order valence-electron chi connectivity index (χ1n) is 12.8. The van der Waals surface area contributed by atoms with E-state index in [9.17, 15) is 9.90 Å². The van der Waals surface area contributed by atoms with Crippen molar-refractivity contribution in [1.29, 1.82) is 0 Å². The summed E-state index contributed by atoms with van der Waals surface area (Å²) in [7, 11) is 0. The van der Waals surface area contributed by atoms with Gasteiger partial charge in [-0.3, -0.25) is 4.79 Å². The molecular weight excluding hydrogens is 446 g/mol. The summed E-state index contributed by atoms with van der Waals surface area (Å²) in [5.74, 6) is 0.0875. The number of anilines is 1. The number of nitrogens with two attached hydrogens (primary N) is 1. The zero-order valence-electron chi connectivity index (χ0n) is 22.1. The van der Waals surface area contributed by atoms with Gasteiger partial charge in [0.25, 0.3) is 0 Å². The van der Waals surface area contributed by atoms with Crippen molar-refractivity contribution in [3.63, 3.8) is 0 Å². The van der Waals surface area contributed by atoms with Gasteiger partial charge in [-0.1, -0.05) is 63.2 Å². The van der Waals surface area contributed by atoms with E-state index in [2.05, 4.69) is 67.8 Å². The lowest BCUT2D eigenvalue weighted by Gasteiger charge is -2.34. The summed E-state index contributed by atoms with van der Waals surface area (Å²) in [4.78, 5) is 13.3. The van der Waals surface area contributed by atoms with Crippen LogP contribution in [0.25, 0.3) is 0 Å². The van der Waals surface area contributed by atoms with E-state index in [0.717, 1.165) is 47.3 Å². The van der Waals surface area contributed by atoms with Crippen molar-refractivity contribution >= 4 is 11.6 Å². The Morgan fingerprint density at radius 3 is 2.39 bits per heavy atom. The predicted molar refractivity (Wildman–Crippen MR) is 148 cm³/mol. The zero-order chi connectivity index (χ0) is 26.0. The average Bonchev–Trinajstić information content (AvgIpc) is 2.81. The molecule has 0 aliphatic carbocycles. The monoisotopic (exact) mass is 485 g/mol. The number of benzene rings is 3. The third kappa shape index (κ3) is 5.73. The van der Waals surface area contributed by atoms with Crippen LogP contribution in [0.3, 0.4) is 0 Å². The lowest BCUT2D eigenvalue weighted by molar-refractivity contribution is -0.123. The van der Waals surface area contributed by atoms with Crippen LogP contribution in [0.2, 0.25) is 0 Å². The summed E-state index contributed by atoms with van der Waals surface area (Å²) >= 11 is 0. The van der Waals surface area contributed by atoms with Gasteiger partial charge in [-0.2, -0.15) is 0 Å². The van der Waals surface area contributed by atoms with Crippen LogP contribution in [-0.4, -0.2) is 23.6 Å². The Bertz CT molecular complexity index is 1220. The molecule has 3 aromatic carbocycles. The number of rotatable bonds is 6. The minimum atomic E-state index is -0.667. The summed E-state index contributed by atoms with van der Waals surface area (Å²) in [5.41, 5.74) is 15.3. The first-order chi connectivity index (χ1) is 17.0. The molecule has 0 spiro atoms. The van der Waals surface area contributed by atoms with Crippen molar-refractivity contribution in [2.45, 2.75) is 71.4 Å². The van der Waals surface area contributed by atoms with Gasteiger partial charge in [0.1, 0.15) is 5.75 Å². The molecular formula is C31H39N3O2. The Hall–Kier alpha value is -3.31. The molecule has 3 aromatic rings. The van der Waals surface area contributed by atoms with Gasteiger partial charge in [-0.15, -0.1) is 0 Å². The fourth-order valence-electron chi connectivity index (χ4n) is 5.25. The second-order valence-electron chi connectivity index (χ2n) is 11.2. The number of phenols is 1. The highest BCUT2D eigenvalue weighted by Crippen LogP contribution is 2.40. The van der Waals surface area contributed by atoms with E-state index in [-0.39, 0.29) is 23.1 Å². The number of hydrogen-bond acceptors (Lipinski definition) is 4. The minimum absolute atomic E-state index is 0.0417. The number of carbonyl (C=O) groups is 1. The van der Waals surface area contributed by atoms with Crippen LogP contribution in [-0.2, 0) is 23.1 Å². The maximum Gasteiger partial charge on any atom is 0.237 e. The van der Waals surface area contributed by atoms with Crippen LogP contribution >= 0.6 is 0 Å². The molecule has 0 saturated carbocycles. The molecule has 0 radical (unpaired) electrons. The van der Waals surface area contributed by atoms with Crippen LogP contribution in [0.1, 0.15) is 72.2 Å². The normalized spacial score (nSPS) is 16.1. The number of carbonyl (C=O) groups excluding carboxylic acids is 1. The van der Waals surface area contributed by atoms with E-state index >= 15 is 0 Å². The first-order valence-corrected chi connectivity index (χ1v) is 12.8. The number of aryl methyl sites for hydroxylation is 2. The molecule has 0 fully saturated rings. The summed E-state index contributed by atoms with van der Waals surface area (Å²) in [6.07, 6.45) is 2.08. The van der Waals surface area contributed by atoms with Crippen molar-refractivity contribution in [2.24, 2.45) is 5.73 Å². The Kier molecular flexibility index (Phi) is 7.41. The van der Waals surface area contributed by atoms with E-state index in [1.165, 1.54) is 16.7 Å². The molecule has 4 rings (SSSR count). The molecule has 1 heterocycles. The summed E-state index contributed by atoms with van der Waals surface area (Å²) in [5, 5.41) is 16.7. The van der Waals surface area contributed by atoms with Crippen LogP contribution in [0, 0.1) is 13.8 Å². The van der Waals surface area contributed by atoms with Gasteiger partial charge in [0.05, 0.1) is 12.1 Å². The Balaban J connectivity index is 1.60. The lowest BCUT2D eigenvalue weighted by atomic mass is 9.80. The van der Waals surface area contributed by atoms with Gasteiger partial charge in [0.2, 0.25) is 5.91 Å². The smallest absolute Gasteiger partial charge is 0.237 e. The van der Waals surface area contributed by atoms with E-state index in [1.807, 2.05) is 19.9 Å². The highest BCUT2D eigenvalue weighted by atomic mass is 16.3. The van der Waals surface area contributed by atoms with Crippen molar-refractivity contribution in [2.75, 3.05) is 11.9 Å². The van der Waals surface area contributed by atoms with Crippen molar-refractivity contribution in [3.8, 4) is 5.75 Å². The minimum Gasteiger partial charge on any atom is -0.508 e. The quantitative estimate of drug-likeness (QED) is 0.374. The van der Waals surface area contributed by atoms with Crippen LogP contribution in [0.15, 0.2) is 54.6 Å². The van der Waals surface area contributed by atoms with Gasteiger partial charge < -0.3 is 21.5 Å². The molecule has 190 valence electrons. The SMILES string of the molecule is Cc1cc(O)cc(C)c1C[C@H](N)C(=O)N[C@@H]1CCNc2c1cc(Cc1ccccc1)cc2C(C)(C)C.